The van der Waals surface area contributed by atoms with E-state index in [1.165, 1.54) is 6.20 Å². The van der Waals surface area contributed by atoms with Gasteiger partial charge in [0.2, 0.25) is 0 Å². The van der Waals surface area contributed by atoms with Crippen LogP contribution in [-0.4, -0.2) is 25.7 Å². The lowest BCUT2D eigenvalue weighted by molar-refractivity contribution is 0.575. The molecule has 0 aliphatic heterocycles. The summed E-state index contributed by atoms with van der Waals surface area (Å²) in [6.07, 6.45) is 1.51. The fourth-order valence-corrected chi connectivity index (χ4v) is 2.95. The second-order valence-electron chi connectivity index (χ2n) is 4.56. The molecule has 0 amide bonds. The normalized spacial score (nSPS) is 11.7. The van der Waals surface area contributed by atoms with E-state index in [-0.39, 0.29) is 11.6 Å². The quantitative estimate of drug-likeness (QED) is 0.739. The molecule has 1 aromatic carbocycles. The van der Waals surface area contributed by atoms with E-state index in [4.69, 9.17) is 0 Å². The standard InChI is InChI=1S/C13H18N4O2S/c1-10-3-5-11(6-4-10)7-16-20(18,19)13-12(8-14-2)9-15-17-13/h3-6,9,14,16H,7-8H2,1-2H3,(H,15,17). The van der Waals surface area contributed by atoms with Crippen LogP contribution >= 0.6 is 0 Å². The van der Waals surface area contributed by atoms with E-state index in [2.05, 4.69) is 20.2 Å². The molecule has 0 aliphatic rings. The number of nitrogens with zero attached hydrogens (tertiary/aromatic N) is 1. The Morgan fingerprint density at radius 1 is 1.20 bits per heavy atom. The van der Waals surface area contributed by atoms with Gasteiger partial charge in [-0.25, -0.2) is 13.1 Å². The van der Waals surface area contributed by atoms with Gasteiger partial charge in [0.25, 0.3) is 10.0 Å². The Balaban J connectivity index is 2.11. The number of H-pyrrole nitrogens is 1. The average molecular weight is 294 g/mol. The summed E-state index contributed by atoms with van der Waals surface area (Å²) in [4.78, 5) is 0. The van der Waals surface area contributed by atoms with Crippen LogP contribution in [0.5, 0.6) is 0 Å². The highest BCUT2D eigenvalue weighted by Crippen LogP contribution is 2.12. The first kappa shape index (κ1) is 14.7. The molecule has 0 saturated carbocycles. The zero-order valence-electron chi connectivity index (χ0n) is 11.5. The molecule has 0 unspecified atom stereocenters. The van der Waals surface area contributed by atoms with E-state index in [0.717, 1.165) is 11.1 Å². The van der Waals surface area contributed by atoms with Gasteiger partial charge in [0.15, 0.2) is 5.03 Å². The molecule has 3 N–H and O–H groups in total. The van der Waals surface area contributed by atoms with E-state index >= 15 is 0 Å². The molecule has 0 fully saturated rings. The summed E-state index contributed by atoms with van der Waals surface area (Å²) in [5.41, 5.74) is 2.67. The zero-order chi connectivity index (χ0) is 14.6. The summed E-state index contributed by atoms with van der Waals surface area (Å²) in [5.74, 6) is 0. The average Bonchev–Trinajstić information content (AvgIpc) is 2.88. The number of rotatable bonds is 6. The molecule has 1 heterocycles. The van der Waals surface area contributed by atoms with Crippen molar-refractivity contribution in [3.05, 3.63) is 47.2 Å². The highest BCUT2D eigenvalue weighted by atomic mass is 32.2. The van der Waals surface area contributed by atoms with Crippen LogP contribution in [0, 0.1) is 6.92 Å². The van der Waals surface area contributed by atoms with Crippen molar-refractivity contribution in [2.45, 2.75) is 25.0 Å². The summed E-state index contributed by atoms with van der Waals surface area (Å²) >= 11 is 0. The van der Waals surface area contributed by atoms with E-state index in [1.807, 2.05) is 31.2 Å². The first-order valence-electron chi connectivity index (χ1n) is 6.25. The maximum Gasteiger partial charge on any atom is 0.258 e. The number of aromatic amines is 1. The minimum atomic E-state index is -3.59. The molecular weight excluding hydrogens is 276 g/mol. The van der Waals surface area contributed by atoms with Gasteiger partial charge in [-0.15, -0.1) is 0 Å². The lowest BCUT2D eigenvalue weighted by Gasteiger charge is -2.07. The van der Waals surface area contributed by atoms with Gasteiger partial charge in [-0.3, -0.25) is 5.10 Å². The number of sulfonamides is 1. The Bertz CT molecular complexity index is 662. The number of hydrogen-bond acceptors (Lipinski definition) is 4. The van der Waals surface area contributed by atoms with Crippen LogP contribution in [0.3, 0.4) is 0 Å². The Kier molecular flexibility index (Phi) is 4.53. The van der Waals surface area contributed by atoms with Crippen molar-refractivity contribution in [3.63, 3.8) is 0 Å². The molecule has 1 aromatic heterocycles. The maximum atomic E-state index is 12.2. The van der Waals surface area contributed by atoms with Crippen molar-refractivity contribution in [2.24, 2.45) is 0 Å². The molecule has 2 rings (SSSR count). The van der Waals surface area contributed by atoms with E-state index < -0.39 is 10.0 Å². The zero-order valence-corrected chi connectivity index (χ0v) is 12.3. The second kappa shape index (κ2) is 6.17. The topological polar surface area (TPSA) is 86.9 Å². The fourth-order valence-electron chi connectivity index (χ4n) is 1.80. The predicted molar refractivity (Wildman–Crippen MR) is 76.6 cm³/mol. The molecule has 108 valence electrons. The Morgan fingerprint density at radius 2 is 1.90 bits per heavy atom. The van der Waals surface area contributed by atoms with Crippen molar-refractivity contribution in [1.29, 1.82) is 0 Å². The van der Waals surface area contributed by atoms with Gasteiger partial charge < -0.3 is 5.32 Å². The third kappa shape index (κ3) is 3.44. The molecule has 0 radical (unpaired) electrons. The highest BCUT2D eigenvalue weighted by molar-refractivity contribution is 7.89. The van der Waals surface area contributed by atoms with Crippen LogP contribution in [0.1, 0.15) is 16.7 Å². The molecule has 20 heavy (non-hydrogen) atoms. The summed E-state index contributed by atoms with van der Waals surface area (Å²) in [7, 11) is -1.83. The van der Waals surface area contributed by atoms with Gasteiger partial charge in [0, 0.05) is 18.7 Å². The Labute approximate surface area is 118 Å². The first-order valence-corrected chi connectivity index (χ1v) is 7.73. The summed E-state index contributed by atoms with van der Waals surface area (Å²) in [5, 5.41) is 9.35. The molecule has 0 bridgehead atoms. The lowest BCUT2D eigenvalue weighted by atomic mass is 10.2. The number of aryl methyl sites for hydroxylation is 1. The van der Waals surface area contributed by atoms with Crippen LogP contribution in [-0.2, 0) is 23.1 Å². The minimum absolute atomic E-state index is 0.110. The van der Waals surface area contributed by atoms with E-state index in [0.29, 0.717) is 12.1 Å². The van der Waals surface area contributed by atoms with Gasteiger partial charge in [0.05, 0.1) is 6.20 Å². The number of benzene rings is 1. The summed E-state index contributed by atoms with van der Waals surface area (Å²) < 4.78 is 27.0. The molecule has 0 atom stereocenters. The van der Waals surface area contributed by atoms with Crippen LogP contribution in [0.2, 0.25) is 0 Å². The maximum absolute atomic E-state index is 12.2. The molecule has 2 aromatic rings. The summed E-state index contributed by atoms with van der Waals surface area (Å²) in [6, 6.07) is 7.71. The Morgan fingerprint density at radius 3 is 2.55 bits per heavy atom. The van der Waals surface area contributed by atoms with E-state index in [9.17, 15) is 8.42 Å². The molecule has 0 spiro atoms. The monoisotopic (exact) mass is 294 g/mol. The highest BCUT2D eigenvalue weighted by Gasteiger charge is 2.19. The van der Waals surface area contributed by atoms with Gasteiger partial charge in [-0.2, -0.15) is 5.10 Å². The van der Waals surface area contributed by atoms with Crippen molar-refractivity contribution in [3.8, 4) is 0 Å². The minimum Gasteiger partial charge on any atom is -0.316 e. The molecule has 0 saturated heterocycles. The largest absolute Gasteiger partial charge is 0.316 e. The van der Waals surface area contributed by atoms with Gasteiger partial charge in [-0.1, -0.05) is 29.8 Å². The van der Waals surface area contributed by atoms with Crippen LogP contribution < -0.4 is 10.0 Å². The number of nitrogens with one attached hydrogen (secondary N) is 3. The van der Waals surface area contributed by atoms with Crippen molar-refractivity contribution < 1.29 is 8.42 Å². The van der Waals surface area contributed by atoms with Gasteiger partial charge >= 0.3 is 0 Å². The van der Waals surface area contributed by atoms with Crippen molar-refractivity contribution in [2.75, 3.05) is 7.05 Å². The second-order valence-corrected chi connectivity index (χ2v) is 6.27. The van der Waals surface area contributed by atoms with E-state index in [1.54, 1.807) is 7.05 Å². The van der Waals surface area contributed by atoms with Crippen molar-refractivity contribution in [1.82, 2.24) is 20.2 Å². The predicted octanol–water partition coefficient (Wildman–Crippen LogP) is 0.916. The van der Waals surface area contributed by atoms with Gasteiger partial charge in [-0.05, 0) is 19.5 Å². The number of hydrogen-bond donors (Lipinski definition) is 3. The molecule has 7 heteroatoms. The summed E-state index contributed by atoms with van der Waals surface area (Å²) in [6.45, 7) is 2.68. The SMILES string of the molecule is CNCc1cn[nH]c1S(=O)(=O)NCc1ccc(C)cc1. The van der Waals surface area contributed by atoms with Crippen molar-refractivity contribution >= 4 is 10.0 Å². The fraction of sp³-hybridized carbons (Fsp3) is 0.308. The van der Waals surface area contributed by atoms with Gasteiger partial charge in [0.1, 0.15) is 0 Å². The Hall–Kier alpha value is -1.70. The molecular formula is C13H18N4O2S. The lowest BCUT2D eigenvalue weighted by Crippen LogP contribution is -2.25. The molecule has 0 aliphatic carbocycles. The first-order chi connectivity index (χ1) is 9.53. The molecule has 6 nitrogen and oxygen atoms in total. The van der Waals surface area contributed by atoms with Crippen LogP contribution in [0.4, 0.5) is 0 Å². The van der Waals surface area contributed by atoms with Crippen LogP contribution in [0.15, 0.2) is 35.5 Å². The third-order valence-corrected chi connectivity index (χ3v) is 4.32. The third-order valence-electron chi connectivity index (χ3n) is 2.90. The smallest absolute Gasteiger partial charge is 0.258 e. The number of aromatic nitrogens is 2. The van der Waals surface area contributed by atoms with Crippen LogP contribution in [0.25, 0.3) is 0 Å².